The first-order chi connectivity index (χ1) is 14.8. The van der Waals surface area contributed by atoms with Gasteiger partial charge < -0.3 is 14.4 Å². The number of carbonyl (C=O) groups excluding carboxylic acids is 1. The fourth-order valence-corrected chi connectivity index (χ4v) is 4.74. The number of ether oxygens (including phenoxy) is 2. The highest BCUT2D eigenvalue weighted by atomic mass is 16.5. The highest BCUT2D eigenvalue weighted by molar-refractivity contribution is 6.02. The van der Waals surface area contributed by atoms with E-state index in [1.807, 2.05) is 0 Å². The number of rotatable bonds is 9. The first-order valence-corrected chi connectivity index (χ1v) is 12.3. The summed E-state index contributed by atoms with van der Waals surface area (Å²) >= 11 is 0. The van der Waals surface area contributed by atoms with Gasteiger partial charge in [0.15, 0.2) is 0 Å². The zero-order chi connectivity index (χ0) is 22.9. The lowest BCUT2D eigenvalue weighted by Crippen LogP contribution is -2.37. The summed E-state index contributed by atoms with van der Waals surface area (Å²) in [6.45, 7) is 12.6. The van der Waals surface area contributed by atoms with Gasteiger partial charge in [0, 0.05) is 18.8 Å². The highest BCUT2D eigenvalue weighted by Gasteiger charge is 2.32. The summed E-state index contributed by atoms with van der Waals surface area (Å²) in [6.07, 6.45) is 10.6. The summed E-state index contributed by atoms with van der Waals surface area (Å²) in [4.78, 5) is 14.3. The normalized spacial score (nSPS) is 18.2. The predicted octanol–water partition coefficient (Wildman–Crippen LogP) is 6.47. The van der Waals surface area contributed by atoms with Crippen LogP contribution < -0.4 is 4.90 Å². The first kappa shape index (κ1) is 25.9. The molecule has 0 bridgehead atoms. The molecule has 2 aliphatic rings. The van der Waals surface area contributed by atoms with Gasteiger partial charge in [0.25, 0.3) is 0 Å². The van der Waals surface area contributed by atoms with E-state index in [0.717, 1.165) is 44.6 Å². The quantitative estimate of drug-likeness (QED) is 0.421. The van der Waals surface area contributed by atoms with Crippen LogP contribution in [-0.2, 0) is 20.7 Å². The smallest absolute Gasteiger partial charge is 0.231 e. The Hall–Kier alpha value is -1.39. The number of aryl methyl sites for hydroxylation is 1. The summed E-state index contributed by atoms with van der Waals surface area (Å²) in [6, 6.07) is 6.76. The number of carbonyl (C=O) groups is 1. The van der Waals surface area contributed by atoms with Gasteiger partial charge in [0.1, 0.15) is 0 Å². The maximum Gasteiger partial charge on any atom is 0.231 e. The van der Waals surface area contributed by atoms with Gasteiger partial charge in [-0.15, -0.1) is 0 Å². The third kappa shape index (κ3) is 7.91. The zero-order valence-corrected chi connectivity index (χ0v) is 20.8. The van der Waals surface area contributed by atoms with Crippen molar-refractivity contribution in [1.29, 1.82) is 0 Å². The molecule has 4 heteroatoms. The lowest BCUT2D eigenvalue weighted by molar-refractivity contribution is -0.117. The number of anilines is 1. The van der Waals surface area contributed by atoms with Gasteiger partial charge >= 0.3 is 0 Å². The van der Waals surface area contributed by atoms with Gasteiger partial charge in [-0.05, 0) is 68.1 Å². The Morgan fingerprint density at radius 1 is 1.10 bits per heavy atom. The topological polar surface area (TPSA) is 38.8 Å². The second-order valence-electron chi connectivity index (χ2n) is 10.0. The number of hydrogen-bond donors (Lipinski definition) is 0. The largest absolute Gasteiger partial charge is 0.382 e. The molecule has 1 heterocycles. The molecule has 0 radical (unpaired) electrons. The number of hydrogen-bond acceptors (Lipinski definition) is 3. The van der Waals surface area contributed by atoms with Crippen LogP contribution in [0.3, 0.4) is 0 Å². The molecule has 0 spiro atoms. The van der Waals surface area contributed by atoms with Crippen molar-refractivity contribution in [2.24, 2.45) is 5.41 Å². The molecule has 1 aromatic carbocycles. The van der Waals surface area contributed by atoms with Gasteiger partial charge in [-0.25, -0.2) is 0 Å². The zero-order valence-electron chi connectivity index (χ0n) is 20.8. The average Bonchev–Trinajstić information content (AvgIpc) is 3.04. The molecule has 176 valence electrons. The predicted molar refractivity (Wildman–Crippen MR) is 130 cm³/mol. The van der Waals surface area contributed by atoms with Crippen LogP contribution in [0.2, 0.25) is 0 Å². The van der Waals surface area contributed by atoms with Gasteiger partial charge in [-0.3, -0.25) is 4.79 Å². The van der Waals surface area contributed by atoms with Crippen LogP contribution >= 0.6 is 0 Å². The number of amides is 1. The molecule has 0 saturated heterocycles. The molecule has 4 nitrogen and oxygen atoms in total. The summed E-state index contributed by atoms with van der Waals surface area (Å²) in [5.74, 6) is 0.280. The minimum Gasteiger partial charge on any atom is -0.382 e. The summed E-state index contributed by atoms with van der Waals surface area (Å²) in [7, 11) is 1.72. The number of nitrogens with zero attached hydrogens (tertiary/aromatic N) is 1. The van der Waals surface area contributed by atoms with E-state index in [4.69, 9.17) is 9.47 Å². The molecule has 1 saturated carbocycles. The molecule has 1 aliphatic carbocycles. The Kier molecular flexibility index (Phi) is 10.5. The molecule has 1 aromatic rings. The van der Waals surface area contributed by atoms with Gasteiger partial charge in [-0.2, -0.15) is 0 Å². The Balaban J connectivity index is 0.000000233. The maximum absolute atomic E-state index is 12.3. The van der Waals surface area contributed by atoms with E-state index in [0.29, 0.717) is 24.0 Å². The maximum atomic E-state index is 12.3. The second-order valence-corrected chi connectivity index (χ2v) is 10.0. The average molecular weight is 432 g/mol. The fourth-order valence-electron chi connectivity index (χ4n) is 4.74. The number of benzene rings is 1. The van der Waals surface area contributed by atoms with Crippen LogP contribution in [0.5, 0.6) is 0 Å². The Morgan fingerprint density at radius 3 is 2.32 bits per heavy atom. The van der Waals surface area contributed by atoms with Crippen molar-refractivity contribution in [3.8, 4) is 0 Å². The first-order valence-electron chi connectivity index (χ1n) is 12.3. The van der Waals surface area contributed by atoms with E-state index in [1.54, 1.807) is 7.11 Å². The molecule has 0 aromatic heterocycles. The summed E-state index contributed by atoms with van der Waals surface area (Å²) in [5, 5.41) is 0. The van der Waals surface area contributed by atoms with Crippen LogP contribution in [0.1, 0.15) is 90.2 Å². The lowest BCUT2D eigenvalue weighted by atomic mass is 9.76. The molecule has 31 heavy (non-hydrogen) atoms. The third-order valence-electron chi connectivity index (χ3n) is 6.65. The Morgan fingerprint density at radius 2 is 1.74 bits per heavy atom. The molecule has 1 aliphatic heterocycles. The van der Waals surface area contributed by atoms with E-state index >= 15 is 0 Å². The SMILES string of the molecule is CCCC(CCC)N1C(=O)Cc2ccc(C)cc21.COCCOC1CCC(C)(C)CC1. The molecule has 0 unspecified atom stereocenters. The van der Waals surface area contributed by atoms with Crippen LogP contribution in [0, 0.1) is 12.3 Å². The Labute approximate surface area is 190 Å². The molecule has 1 fully saturated rings. The van der Waals surface area contributed by atoms with E-state index in [1.165, 1.54) is 36.8 Å². The molecular weight excluding hydrogens is 386 g/mol. The van der Waals surface area contributed by atoms with Crippen molar-refractivity contribution in [2.75, 3.05) is 25.2 Å². The minimum absolute atomic E-state index is 0.280. The standard InChI is InChI=1S/C16H23NO.C11H22O2/c1-4-6-14(7-5-2)17-15-10-12(3)8-9-13(15)11-16(17)18;1-11(2)6-4-10(5-7-11)13-9-8-12-3/h8-10,14H,4-7,11H2,1-3H3;10H,4-9H2,1-3H3. The molecular formula is C27H45NO3. The van der Waals surface area contributed by atoms with E-state index in [2.05, 4.69) is 57.7 Å². The molecule has 0 N–H and O–H groups in total. The molecule has 3 rings (SSSR count). The van der Waals surface area contributed by atoms with Crippen LogP contribution in [0.25, 0.3) is 0 Å². The van der Waals surface area contributed by atoms with Gasteiger partial charge in [0.2, 0.25) is 5.91 Å². The monoisotopic (exact) mass is 431 g/mol. The number of fused-ring (bicyclic) bond motifs is 1. The van der Waals surface area contributed by atoms with E-state index in [-0.39, 0.29) is 5.91 Å². The number of methoxy groups -OCH3 is 1. The van der Waals surface area contributed by atoms with Crippen LogP contribution in [0.15, 0.2) is 18.2 Å². The van der Waals surface area contributed by atoms with Gasteiger partial charge in [0.05, 0.1) is 25.7 Å². The highest BCUT2D eigenvalue weighted by Crippen LogP contribution is 2.36. The second kappa shape index (κ2) is 12.6. The van der Waals surface area contributed by atoms with Crippen molar-refractivity contribution >= 4 is 11.6 Å². The van der Waals surface area contributed by atoms with Crippen molar-refractivity contribution in [3.05, 3.63) is 29.3 Å². The van der Waals surface area contributed by atoms with E-state index < -0.39 is 0 Å². The van der Waals surface area contributed by atoms with Crippen LogP contribution in [0.4, 0.5) is 5.69 Å². The van der Waals surface area contributed by atoms with E-state index in [9.17, 15) is 4.79 Å². The minimum atomic E-state index is 0.280. The van der Waals surface area contributed by atoms with Crippen molar-refractivity contribution in [3.63, 3.8) is 0 Å². The third-order valence-corrected chi connectivity index (χ3v) is 6.65. The Bertz CT molecular complexity index is 669. The van der Waals surface area contributed by atoms with Gasteiger partial charge in [-0.1, -0.05) is 52.7 Å². The van der Waals surface area contributed by atoms with Crippen LogP contribution in [-0.4, -0.2) is 38.4 Å². The van der Waals surface area contributed by atoms with Crippen molar-refractivity contribution in [1.82, 2.24) is 0 Å². The molecule has 1 amide bonds. The summed E-state index contributed by atoms with van der Waals surface area (Å²) in [5.41, 5.74) is 4.14. The molecule has 0 atom stereocenters. The fraction of sp³-hybridized carbons (Fsp3) is 0.741. The van der Waals surface area contributed by atoms with Crippen molar-refractivity contribution < 1.29 is 14.3 Å². The van der Waals surface area contributed by atoms with Crippen molar-refractivity contribution in [2.45, 2.75) is 105 Å². The lowest BCUT2D eigenvalue weighted by Gasteiger charge is -2.34. The summed E-state index contributed by atoms with van der Waals surface area (Å²) < 4.78 is 10.6.